The van der Waals surface area contributed by atoms with Crippen LogP contribution in [0.5, 0.6) is 0 Å². The average molecular weight is 436 g/mol. The van der Waals surface area contributed by atoms with Gasteiger partial charge in [0.25, 0.3) is 5.91 Å². The summed E-state index contributed by atoms with van der Waals surface area (Å²) in [5, 5.41) is 3.28. The molecule has 0 bridgehead atoms. The van der Waals surface area contributed by atoms with Crippen molar-refractivity contribution in [2.24, 2.45) is 0 Å². The van der Waals surface area contributed by atoms with E-state index in [4.69, 9.17) is 0 Å². The van der Waals surface area contributed by atoms with Gasteiger partial charge in [-0.3, -0.25) is 4.79 Å². The quantitative estimate of drug-likeness (QED) is 0.706. The van der Waals surface area contributed by atoms with E-state index < -0.39 is 5.54 Å². The van der Waals surface area contributed by atoms with Crippen molar-refractivity contribution in [1.29, 1.82) is 0 Å². The summed E-state index contributed by atoms with van der Waals surface area (Å²) < 4.78 is 0. The molecule has 0 atom stereocenters. The molecule has 32 heavy (non-hydrogen) atoms. The number of hydrogen-bond acceptors (Lipinski definition) is 5. The number of nitrogens with one attached hydrogen (secondary N) is 1. The van der Waals surface area contributed by atoms with Crippen molar-refractivity contribution in [3.05, 3.63) is 47.7 Å². The number of rotatable bonds is 5. The molecule has 3 heterocycles. The van der Waals surface area contributed by atoms with Crippen LogP contribution >= 0.6 is 0 Å². The highest BCUT2D eigenvalue weighted by Crippen LogP contribution is 2.43. The highest BCUT2D eigenvalue weighted by atomic mass is 16.2. The number of carbonyl (C=O) groups excluding carboxylic acids is 2. The van der Waals surface area contributed by atoms with Crippen molar-refractivity contribution in [3.8, 4) is 0 Å². The molecule has 0 saturated carbocycles. The van der Waals surface area contributed by atoms with Crippen LogP contribution in [0.15, 0.2) is 36.5 Å². The van der Waals surface area contributed by atoms with Crippen molar-refractivity contribution >= 4 is 29.1 Å². The molecule has 0 aliphatic carbocycles. The summed E-state index contributed by atoms with van der Waals surface area (Å²) in [6, 6.07) is 9.69. The van der Waals surface area contributed by atoms with Crippen molar-refractivity contribution < 1.29 is 9.59 Å². The molecule has 7 nitrogen and oxygen atoms in total. The molecule has 1 N–H and O–H groups in total. The Morgan fingerprint density at radius 3 is 2.50 bits per heavy atom. The van der Waals surface area contributed by atoms with Crippen LogP contribution in [0.1, 0.15) is 52.7 Å². The van der Waals surface area contributed by atoms with Crippen LogP contribution in [0.3, 0.4) is 0 Å². The predicted molar refractivity (Wildman–Crippen MR) is 128 cm³/mol. The lowest BCUT2D eigenvalue weighted by molar-refractivity contribution is -0.123. The van der Waals surface area contributed by atoms with Crippen LogP contribution in [-0.4, -0.2) is 47.0 Å². The first-order chi connectivity index (χ1) is 14.9. The normalized spacial score (nSPS) is 19.2. The largest absolute Gasteiger partial charge is 0.373 e. The number of anilines is 3. The van der Waals surface area contributed by atoms with Gasteiger partial charge < -0.3 is 15.1 Å². The number of benzene rings is 1. The first-order valence-corrected chi connectivity index (χ1v) is 11.1. The summed E-state index contributed by atoms with van der Waals surface area (Å²) in [5.74, 6) is 0.548. The Hall–Kier alpha value is -3.09. The van der Waals surface area contributed by atoms with Gasteiger partial charge >= 0.3 is 6.03 Å². The Balaban J connectivity index is 1.64. The molecule has 4 rings (SSSR count). The molecule has 0 unspecified atom stereocenters. The fourth-order valence-corrected chi connectivity index (χ4v) is 4.77. The van der Waals surface area contributed by atoms with E-state index in [1.54, 1.807) is 11.1 Å². The van der Waals surface area contributed by atoms with Crippen LogP contribution in [0, 0.1) is 0 Å². The number of urea groups is 1. The number of amides is 3. The minimum atomic E-state index is -0.948. The fourth-order valence-electron chi connectivity index (χ4n) is 4.77. The molecule has 1 fully saturated rings. The topological polar surface area (TPSA) is 68.8 Å². The Bertz CT molecular complexity index is 1080. The van der Waals surface area contributed by atoms with Gasteiger partial charge in [0.15, 0.2) is 0 Å². The summed E-state index contributed by atoms with van der Waals surface area (Å²) >= 11 is 0. The molecule has 1 saturated heterocycles. The van der Waals surface area contributed by atoms with E-state index in [0.717, 1.165) is 23.6 Å². The molecule has 2 aromatic rings. The fraction of sp³-hybridized carbons (Fsp3) is 0.480. The van der Waals surface area contributed by atoms with E-state index in [-0.39, 0.29) is 23.4 Å². The average Bonchev–Trinajstić information content (AvgIpc) is 3.02. The maximum Gasteiger partial charge on any atom is 0.332 e. The SMILES string of the molecule is CC(C)Nc1cc(CN2C(=O)N(c3ccc4c(c3)N(C)CC4(C)C)C(=O)C2(C)C)ccn1. The van der Waals surface area contributed by atoms with E-state index in [9.17, 15) is 9.59 Å². The first-order valence-electron chi connectivity index (χ1n) is 11.1. The number of aromatic nitrogens is 1. The molecular weight excluding hydrogens is 402 g/mol. The van der Waals surface area contributed by atoms with E-state index >= 15 is 0 Å². The van der Waals surface area contributed by atoms with Gasteiger partial charge in [-0.1, -0.05) is 19.9 Å². The van der Waals surface area contributed by atoms with Gasteiger partial charge in [0.05, 0.1) is 5.69 Å². The highest BCUT2D eigenvalue weighted by molar-refractivity contribution is 6.23. The van der Waals surface area contributed by atoms with E-state index in [1.807, 2.05) is 59.0 Å². The third-order valence-corrected chi connectivity index (χ3v) is 6.44. The van der Waals surface area contributed by atoms with Gasteiger partial charge in [0, 0.05) is 43.5 Å². The molecule has 170 valence electrons. The lowest BCUT2D eigenvalue weighted by Crippen LogP contribution is -2.43. The third kappa shape index (κ3) is 3.59. The lowest BCUT2D eigenvalue weighted by Gasteiger charge is -2.27. The second kappa shape index (κ2) is 7.50. The monoisotopic (exact) mass is 435 g/mol. The molecule has 2 aliphatic rings. The smallest absolute Gasteiger partial charge is 0.332 e. The summed E-state index contributed by atoms with van der Waals surface area (Å²) in [5.41, 5.74) is 2.95. The van der Waals surface area contributed by atoms with Crippen molar-refractivity contribution in [2.45, 2.75) is 65.1 Å². The minimum Gasteiger partial charge on any atom is -0.373 e. The van der Waals surface area contributed by atoms with Gasteiger partial charge in [0.1, 0.15) is 11.4 Å². The number of fused-ring (bicyclic) bond motifs is 1. The Morgan fingerprint density at radius 2 is 1.81 bits per heavy atom. The second-order valence-electron chi connectivity index (χ2n) is 10.4. The maximum atomic E-state index is 13.5. The predicted octanol–water partition coefficient (Wildman–Crippen LogP) is 4.38. The zero-order valence-corrected chi connectivity index (χ0v) is 20.1. The molecular formula is C25H33N5O2. The molecule has 0 radical (unpaired) electrons. The van der Waals surface area contributed by atoms with Crippen LogP contribution in [0.25, 0.3) is 0 Å². The zero-order valence-electron chi connectivity index (χ0n) is 20.1. The lowest BCUT2D eigenvalue weighted by atomic mass is 9.87. The Kier molecular flexibility index (Phi) is 5.18. The number of pyridine rings is 1. The van der Waals surface area contributed by atoms with Gasteiger partial charge in [-0.15, -0.1) is 0 Å². The van der Waals surface area contributed by atoms with Crippen LogP contribution < -0.4 is 15.1 Å². The number of imide groups is 1. The minimum absolute atomic E-state index is 0.0377. The molecule has 0 spiro atoms. The van der Waals surface area contributed by atoms with Crippen LogP contribution in [0.4, 0.5) is 22.0 Å². The molecule has 7 heteroatoms. The van der Waals surface area contributed by atoms with Crippen molar-refractivity contribution in [3.63, 3.8) is 0 Å². The van der Waals surface area contributed by atoms with Gasteiger partial charge in [0.2, 0.25) is 0 Å². The summed E-state index contributed by atoms with van der Waals surface area (Å²) in [6.07, 6.45) is 1.73. The number of carbonyl (C=O) groups is 2. The van der Waals surface area contributed by atoms with Crippen molar-refractivity contribution in [1.82, 2.24) is 9.88 Å². The first kappa shape index (κ1) is 22.1. The third-order valence-electron chi connectivity index (χ3n) is 6.44. The Labute approximate surface area is 190 Å². The van der Waals surface area contributed by atoms with Gasteiger partial charge in [-0.2, -0.15) is 0 Å². The highest BCUT2D eigenvalue weighted by Gasteiger charge is 2.52. The number of nitrogens with zero attached hydrogens (tertiary/aromatic N) is 4. The molecule has 1 aromatic carbocycles. The van der Waals surface area contributed by atoms with Crippen molar-refractivity contribution in [2.75, 3.05) is 28.7 Å². The van der Waals surface area contributed by atoms with Crippen LogP contribution in [-0.2, 0) is 16.8 Å². The summed E-state index contributed by atoms with van der Waals surface area (Å²) in [7, 11) is 2.05. The van der Waals surface area contributed by atoms with Gasteiger partial charge in [-0.25, -0.2) is 14.7 Å². The second-order valence-corrected chi connectivity index (χ2v) is 10.4. The van der Waals surface area contributed by atoms with E-state index in [2.05, 4.69) is 35.1 Å². The standard InChI is InChI=1S/C25H33N5O2/c1-16(2)27-21-12-17(10-11-26-21)14-29-23(32)30(22(31)25(29,5)6)18-8-9-19-20(13-18)28(7)15-24(19,3)4/h8-13,16H,14-15H2,1-7H3,(H,26,27). The maximum absolute atomic E-state index is 13.5. The summed E-state index contributed by atoms with van der Waals surface area (Å²) in [6.45, 7) is 13.4. The van der Waals surface area contributed by atoms with Gasteiger partial charge in [-0.05, 0) is 63.1 Å². The van der Waals surface area contributed by atoms with E-state index in [0.29, 0.717) is 12.2 Å². The van der Waals surface area contributed by atoms with Crippen LogP contribution in [0.2, 0.25) is 0 Å². The number of hydrogen-bond donors (Lipinski definition) is 1. The molecule has 1 aromatic heterocycles. The molecule has 3 amide bonds. The number of likely N-dealkylation sites (N-methyl/N-ethyl adjacent to an activating group) is 1. The molecule has 2 aliphatic heterocycles. The van der Waals surface area contributed by atoms with E-state index in [1.165, 1.54) is 10.5 Å². The zero-order chi connectivity index (χ0) is 23.4. The Morgan fingerprint density at radius 1 is 1.09 bits per heavy atom. The summed E-state index contributed by atoms with van der Waals surface area (Å²) in [4.78, 5) is 36.4.